The molecule has 2 rings (SSSR count). The van der Waals surface area contributed by atoms with Crippen LogP contribution in [0.3, 0.4) is 0 Å². The summed E-state index contributed by atoms with van der Waals surface area (Å²) in [5, 5.41) is 12.2. The SMILES string of the molecule is O=C(O)c1ccccc1OC1CCNCC1. The third-order valence-corrected chi connectivity index (χ3v) is 2.70. The molecule has 4 nitrogen and oxygen atoms in total. The molecular formula is C12H15NO3. The number of rotatable bonds is 3. The summed E-state index contributed by atoms with van der Waals surface area (Å²) in [7, 11) is 0. The summed E-state index contributed by atoms with van der Waals surface area (Å²) in [5.41, 5.74) is 0.237. The van der Waals surface area contributed by atoms with Gasteiger partial charge in [-0.15, -0.1) is 0 Å². The Balaban J connectivity index is 2.10. The van der Waals surface area contributed by atoms with Gasteiger partial charge >= 0.3 is 5.97 Å². The van der Waals surface area contributed by atoms with Crippen LogP contribution in [0.1, 0.15) is 23.2 Å². The Hall–Kier alpha value is -1.55. The van der Waals surface area contributed by atoms with Crippen molar-refractivity contribution in [3.8, 4) is 5.75 Å². The quantitative estimate of drug-likeness (QED) is 0.812. The lowest BCUT2D eigenvalue weighted by Gasteiger charge is -2.24. The van der Waals surface area contributed by atoms with E-state index < -0.39 is 5.97 Å². The second-order valence-corrected chi connectivity index (χ2v) is 3.87. The van der Waals surface area contributed by atoms with Crippen LogP contribution in [0, 0.1) is 0 Å². The van der Waals surface area contributed by atoms with Gasteiger partial charge in [-0.25, -0.2) is 4.79 Å². The molecular weight excluding hydrogens is 206 g/mol. The molecule has 4 heteroatoms. The van der Waals surface area contributed by atoms with E-state index in [0.29, 0.717) is 5.75 Å². The Kier molecular flexibility index (Phi) is 3.41. The molecule has 86 valence electrons. The van der Waals surface area contributed by atoms with Crippen LogP contribution in [0.2, 0.25) is 0 Å². The number of carboxylic acid groups (broad SMARTS) is 1. The molecule has 0 bridgehead atoms. The van der Waals surface area contributed by atoms with Crippen molar-refractivity contribution in [2.24, 2.45) is 0 Å². The predicted molar refractivity (Wildman–Crippen MR) is 59.9 cm³/mol. The first-order valence-corrected chi connectivity index (χ1v) is 5.47. The van der Waals surface area contributed by atoms with Crippen molar-refractivity contribution >= 4 is 5.97 Å². The highest BCUT2D eigenvalue weighted by Gasteiger charge is 2.17. The van der Waals surface area contributed by atoms with E-state index in [1.165, 1.54) is 0 Å². The van der Waals surface area contributed by atoms with E-state index in [1.54, 1.807) is 24.3 Å². The summed E-state index contributed by atoms with van der Waals surface area (Å²) in [4.78, 5) is 11.0. The Labute approximate surface area is 94.2 Å². The Morgan fingerprint density at radius 3 is 2.69 bits per heavy atom. The predicted octanol–water partition coefficient (Wildman–Crippen LogP) is 1.52. The Morgan fingerprint density at radius 1 is 1.31 bits per heavy atom. The van der Waals surface area contributed by atoms with Gasteiger partial charge in [-0.3, -0.25) is 0 Å². The molecule has 2 N–H and O–H groups in total. The van der Waals surface area contributed by atoms with Gasteiger partial charge in [0.1, 0.15) is 17.4 Å². The molecule has 1 aliphatic rings. The first-order chi connectivity index (χ1) is 7.77. The average molecular weight is 221 g/mol. The van der Waals surface area contributed by atoms with Crippen LogP contribution in [0.5, 0.6) is 5.75 Å². The minimum absolute atomic E-state index is 0.127. The highest BCUT2D eigenvalue weighted by atomic mass is 16.5. The first kappa shape index (κ1) is 11.0. The molecule has 1 aromatic carbocycles. The minimum Gasteiger partial charge on any atom is -0.489 e. The fraction of sp³-hybridized carbons (Fsp3) is 0.417. The molecule has 0 spiro atoms. The zero-order valence-electron chi connectivity index (χ0n) is 8.98. The molecule has 0 aromatic heterocycles. The van der Waals surface area contributed by atoms with Gasteiger partial charge in [0, 0.05) is 0 Å². The molecule has 1 heterocycles. The van der Waals surface area contributed by atoms with Crippen LogP contribution in [0.4, 0.5) is 0 Å². The fourth-order valence-corrected chi connectivity index (χ4v) is 1.84. The van der Waals surface area contributed by atoms with Gasteiger partial charge in [-0.2, -0.15) is 0 Å². The van der Waals surface area contributed by atoms with E-state index in [2.05, 4.69) is 5.32 Å². The number of piperidine rings is 1. The summed E-state index contributed by atoms with van der Waals surface area (Å²) in [6, 6.07) is 6.78. The number of nitrogens with one attached hydrogen (secondary N) is 1. The number of ether oxygens (including phenoxy) is 1. The van der Waals surface area contributed by atoms with Gasteiger partial charge in [0.05, 0.1) is 0 Å². The number of carbonyl (C=O) groups is 1. The van der Waals surface area contributed by atoms with Gasteiger partial charge < -0.3 is 15.2 Å². The zero-order chi connectivity index (χ0) is 11.4. The minimum atomic E-state index is -0.940. The van der Waals surface area contributed by atoms with E-state index in [0.717, 1.165) is 25.9 Å². The normalized spacial score (nSPS) is 17.0. The molecule has 0 unspecified atom stereocenters. The van der Waals surface area contributed by atoms with Crippen molar-refractivity contribution in [2.75, 3.05) is 13.1 Å². The van der Waals surface area contributed by atoms with Crippen LogP contribution in [0.25, 0.3) is 0 Å². The Morgan fingerprint density at radius 2 is 2.00 bits per heavy atom. The van der Waals surface area contributed by atoms with Gasteiger partial charge in [0.15, 0.2) is 0 Å². The maximum Gasteiger partial charge on any atom is 0.339 e. The lowest BCUT2D eigenvalue weighted by molar-refractivity contribution is 0.0687. The van der Waals surface area contributed by atoms with Crippen molar-refractivity contribution in [1.29, 1.82) is 0 Å². The molecule has 0 aliphatic carbocycles. The Bertz CT molecular complexity index is 372. The molecule has 0 atom stereocenters. The monoisotopic (exact) mass is 221 g/mol. The van der Waals surface area contributed by atoms with E-state index in [-0.39, 0.29) is 11.7 Å². The summed E-state index contributed by atoms with van der Waals surface area (Å²) in [6.07, 6.45) is 1.98. The number of aromatic carboxylic acids is 1. The molecule has 1 aliphatic heterocycles. The fourth-order valence-electron chi connectivity index (χ4n) is 1.84. The molecule has 0 radical (unpaired) electrons. The van der Waals surface area contributed by atoms with Crippen molar-refractivity contribution in [1.82, 2.24) is 5.32 Å². The number of carboxylic acids is 1. The van der Waals surface area contributed by atoms with Crippen molar-refractivity contribution in [3.63, 3.8) is 0 Å². The van der Waals surface area contributed by atoms with Crippen molar-refractivity contribution in [2.45, 2.75) is 18.9 Å². The number of benzene rings is 1. The van der Waals surface area contributed by atoms with Gasteiger partial charge in [0.25, 0.3) is 0 Å². The second kappa shape index (κ2) is 4.99. The van der Waals surface area contributed by atoms with Crippen LogP contribution < -0.4 is 10.1 Å². The van der Waals surface area contributed by atoms with E-state index >= 15 is 0 Å². The molecule has 0 amide bonds. The summed E-state index contributed by atoms with van der Waals surface area (Å²) in [5.74, 6) is -0.466. The molecule has 1 saturated heterocycles. The van der Waals surface area contributed by atoms with Crippen LogP contribution in [-0.2, 0) is 0 Å². The van der Waals surface area contributed by atoms with Gasteiger partial charge in [-0.1, -0.05) is 12.1 Å². The smallest absolute Gasteiger partial charge is 0.339 e. The maximum atomic E-state index is 11.0. The van der Waals surface area contributed by atoms with Crippen molar-refractivity contribution < 1.29 is 14.6 Å². The first-order valence-electron chi connectivity index (χ1n) is 5.47. The highest BCUT2D eigenvalue weighted by Crippen LogP contribution is 2.21. The van der Waals surface area contributed by atoms with Crippen molar-refractivity contribution in [3.05, 3.63) is 29.8 Å². The highest BCUT2D eigenvalue weighted by molar-refractivity contribution is 5.90. The van der Waals surface area contributed by atoms with Gasteiger partial charge in [0.2, 0.25) is 0 Å². The topological polar surface area (TPSA) is 58.6 Å². The molecule has 16 heavy (non-hydrogen) atoms. The summed E-state index contributed by atoms with van der Waals surface area (Å²) in [6.45, 7) is 1.86. The molecule has 1 fully saturated rings. The van der Waals surface area contributed by atoms with E-state index in [9.17, 15) is 4.79 Å². The third-order valence-electron chi connectivity index (χ3n) is 2.70. The number of hydrogen-bond acceptors (Lipinski definition) is 3. The summed E-state index contributed by atoms with van der Waals surface area (Å²) >= 11 is 0. The van der Waals surface area contributed by atoms with E-state index in [4.69, 9.17) is 9.84 Å². The van der Waals surface area contributed by atoms with Crippen LogP contribution >= 0.6 is 0 Å². The summed E-state index contributed by atoms with van der Waals surface area (Å²) < 4.78 is 5.73. The maximum absolute atomic E-state index is 11.0. The largest absolute Gasteiger partial charge is 0.489 e. The van der Waals surface area contributed by atoms with Crippen LogP contribution in [-0.4, -0.2) is 30.3 Å². The molecule has 0 saturated carbocycles. The second-order valence-electron chi connectivity index (χ2n) is 3.87. The van der Waals surface area contributed by atoms with Crippen LogP contribution in [0.15, 0.2) is 24.3 Å². The van der Waals surface area contributed by atoms with Gasteiger partial charge in [-0.05, 0) is 38.1 Å². The number of hydrogen-bond donors (Lipinski definition) is 2. The average Bonchev–Trinajstić information content (AvgIpc) is 2.31. The lowest BCUT2D eigenvalue weighted by atomic mass is 10.1. The number of para-hydroxylation sites is 1. The van der Waals surface area contributed by atoms with E-state index in [1.807, 2.05) is 0 Å². The lowest BCUT2D eigenvalue weighted by Crippen LogP contribution is -2.34. The zero-order valence-corrected chi connectivity index (χ0v) is 8.98. The molecule has 1 aromatic rings. The third kappa shape index (κ3) is 2.52. The standard InChI is InChI=1S/C12H15NO3/c14-12(15)10-3-1-2-4-11(10)16-9-5-7-13-8-6-9/h1-4,9,13H,5-8H2,(H,14,15).